The van der Waals surface area contributed by atoms with Crippen molar-refractivity contribution in [1.82, 2.24) is 10.3 Å². The molecule has 0 unspecified atom stereocenters. The molecule has 3 rings (SSSR count). The predicted octanol–water partition coefficient (Wildman–Crippen LogP) is 4.12. The summed E-state index contributed by atoms with van der Waals surface area (Å²) in [5, 5.41) is 4.28. The summed E-state index contributed by atoms with van der Waals surface area (Å²) in [6, 6.07) is 14.3. The van der Waals surface area contributed by atoms with Crippen molar-refractivity contribution in [3.8, 4) is 11.1 Å². The van der Waals surface area contributed by atoms with E-state index >= 15 is 0 Å². The smallest absolute Gasteiger partial charge is 0.338 e. The lowest BCUT2D eigenvalue weighted by atomic mass is 9.99. The Morgan fingerprint density at radius 1 is 1.12 bits per heavy atom. The molecule has 0 amide bonds. The molecule has 1 heterocycles. The van der Waals surface area contributed by atoms with E-state index < -0.39 is 0 Å². The molecule has 0 spiro atoms. The minimum atomic E-state index is -0.318. The van der Waals surface area contributed by atoms with Gasteiger partial charge >= 0.3 is 5.97 Å². The maximum absolute atomic E-state index is 12.1. The van der Waals surface area contributed by atoms with Crippen LogP contribution in [0.25, 0.3) is 22.0 Å². The highest BCUT2D eigenvalue weighted by atomic mass is 16.5. The van der Waals surface area contributed by atoms with Crippen LogP contribution in [0.2, 0.25) is 0 Å². The van der Waals surface area contributed by atoms with Crippen molar-refractivity contribution >= 4 is 16.9 Å². The lowest BCUT2D eigenvalue weighted by Crippen LogP contribution is -2.13. The van der Waals surface area contributed by atoms with Gasteiger partial charge < -0.3 is 15.0 Å². The largest absolute Gasteiger partial charge is 0.465 e. The van der Waals surface area contributed by atoms with Crippen LogP contribution < -0.4 is 5.32 Å². The van der Waals surface area contributed by atoms with Gasteiger partial charge in [-0.05, 0) is 47.9 Å². The number of nitrogens with one attached hydrogen (secondary N) is 2. The highest BCUT2D eigenvalue weighted by Gasteiger charge is 2.13. The summed E-state index contributed by atoms with van der Waals surface area (Å²) >= 11 is 0. The number of rotatable bonds is 6. The molecule has 0 radical (unpaired) electrons. The van der Waals surface area contributed by atoms with Crippen molar-refractivity contribution in [2.24, 2.45) is 0 Å². The monoisotopic (exact) mass is 322 g/mol. The Balaban J connectivity index is 1.92. The quantitative estimate of drug-likeness (QED) is 0.530. The van der Waals surface area contributed by atoms with Crippen molar-refractivity contribution in [3.63, 3.8) is 0 Å². The first-order valence-electron chi connectivity index (χ1n) is 8.22. The Kier molecular flexibility index (Phi) is 4.96. The van der Waals surface area contributed by atoms with Gasteiger partial charge in [-0.2, -0.15) is 0 Å². The standard InChI is InChI=1S/C20H22N2O2/c1-3-9-21-13-14-4-6-15(7-5-14)16-11-18(20(23)24-2)17-8-10-22-19(17)12-16/h4-8,10-12,21-22H,3,9,13H2,1-2H3. The molecule has 4 nitrogen and oxygen atoms in total. The van der Waals surface area contributed by atoms with Crippen LogP contribution in [0, 0.1) is 0 Å². The molecule has 0 aliphatic heterocycles. The summed E-state index contributed by atoms with van der Waals surface area (Å²) in [4.78, 5) is 15.2. The van der Waals surface area contributed by atoms with E-state index in [9.17, 15) is 4.79 Å². The summed E-state index contributed by atoms with van der Waals surface area (Å²) < 4.78 is 4.92. The first-order valence-corrected chi connectivity index (χ1v) is 8.22. The van der Waals surface area contributed by atoms with Gasteiger partial charge in [-0.1, -0.05) is 31.2 Å². The molecule has 0 bridgehead atoms. The van der Waals surface area contributed by atoms with Crippen LogP contribution >= 0.6 is 0 Å². The van der Waals surface area contributed by atoms with Crippen LogP contribution in [0.3, 0.4) is 0 Å². The fourth-order valence-electron chi connectivity index (χ4n) is 2.84. The maximum atomic E-state index is 12.1. The Hall–Kier alpha value is -2.59. The minimum absolute atomic E-state index is 0.318. The highest BCUT2D eigenvalue weighted by Crippen LogP contribution is 2.28. The van der Waals surface area contributed by atoms with Crippen LogP contribution in [0.1, 0.15) is 29.3 Å². The molecular weight excluding hydrogens is 300 g/mol. The zero-order chi connectivity index (χ0) is 16.9. The number of esters is 1. The number of hydrogen-bond acceptors (Lipinski definition) is 3. The molecule has 0 saturated heterocycles. The fourth-order valence-corrected chi connectivity index (χ4v) is 2.84. The van der Waals surface area contributed by atoms with Gasteiger partial charge in [0.2, 0.25) is 0 Å². The SMILES string of the molecule is CCCNCc1ccc(-c2cc(C(=O)OC)c3cc[nH]c3c2)cc1. The van der Waals surface area contributed by atoms with Crippen molar-refractivity contribution in [2.45, 2.75) is 19.9 Å². The molecule has 24 heavy (non-hydrogen) atoms. The van der Waals surface area contributed by atoms with E-state index in [1.165, 1.54) is 12.7 Å². The van der Waals surface area contributed by atoms with E-state index in [1.807, 2.05) is 18.3 Å². The number of ether oxygens (including phenoxy) is 1. The molecule has 2 N–H and O–H groups in total. The van der Waals surface area contributed by atoms with Crippen LogP contribution in [-0.2, 0) is 11.3 Å². The van der Waals surface area contributed by atoms with E-state index in [2.05, 4.69) is 47.6 Å². The number of methoxy groups -OCH3 is 1. The number of benzene rings is 2. The van der Waals surface area contributed by atoms with Gasteiger partial charge in [0.1, 0.15) is 0 Å². The Morgan fingerprint density at radius 2 is 1.92 bits per heavy atom. The minimum Gasteiger partial charge on any atom is -0.465 e. The van der Waals surface area contributed by atoms with Crippen LogP contribution in [0.4, 0.5) is 0 Å². The maximum Gasteiger partial charge on any atom is 0.338 e. The summed E-state index contributed by atoms with van der Waals surface area (Å²) in [7, 11) is 1.41. The molecule has 1 aromatic heterocycles. The third kappa shape index (κ3) is 3.34. The predicted molar refractivity (Wildman–Crippen MR) is 97.1 cm³/mol. The number of fused-ring (bicyclic) bond motifs is 1. The van der Waals surface area contributed by atoms with Crippen LogP contribution in [0.5, 0.6) is 0 Å². The summed E-state index contributed by atoms with van der Waals surface area (Å²) in [5.41, 5.74) is 4.84. The number of carbonyl (C=O) groups is 1. The molecule has 0 aliphatic carbocycles. The molecule has 0 fully saturated rings. The Morgan fingerprint density at radius 3 is 2.62 bits per heavy atom. The lowest BCUT2D eigenvalue weighted by molar-refractivity contribution is 0.0603. The first-order chi connectivity index (χ1) is 11.7. The second-order valence-electron chi connectivity index (χ2n) is 5.83. The topological polar surface area (TPSA) is 54.1 Å². The van der Waals surface area contributed by atoms with Crippen molar-refractivity contribution in [3.05, 3.63) is 59.8 Å². The van der Waals surface area contributed by atoms with Gasteiger partial charge in [-0.15, -0.1) is 0 Å². The second kappa shape index (κ2) is 7.32. The molecule has 0 atom stereocenters. The molecule has 2 aromatic carbocycles. The second-order valence-corrected chi connectivity index (χ2v) is 5.83. The third-order valence-corrected chi connectivity index (χ3v) is 4.12. The normalized spacial score (nSPS) is 10.9. The zero-order valence-electron chi connectivity index (χ0n) is 14.1. The number of aromatic nitrogens is 1. The number of H-pyrrole nitrogens is 1. The van der Waals surface area contributed by atoms with Crippen molar-refractivity contribution < 1.29 is 9.53 Å². The third-order valence-electron chi connectivity index (χ3n) is 4.12. The first kappa shape index (κ1) is 16.3. The zero-order valence-corrected chi connectivity index (χ0v) is 14.1. The number of aromatic amines is 1. The average molecular weight is 322 g/mol. The molecule has 0 saturated carbocycles. The van der Waals surface area contributed by atoms with Crippen molar-refractivity contribution in [1.29, 1.82) is 0 Å². The Labute approximate surface area is 141 Å². The summed E-state index contributed by atoms with van der Waals surface area (Å²) in [6.45, 7) is 4.05. The van der Waals surface area contributed by atoms with Gasteiger partial charge in [-0.25, -0.2) is 4.79 Å². The van der Waals surface area contributed by atoms with Gasteiger partial charge in [0.15, 0.2) is 0 Å². The molecule has 0 aliphatic rings. The molecular formula is C20H22N2O2. The molecule has 3 aromatic rings. The van der Waals surface area contributed by atoms with Gasteiger partial charge in [0.25, 0.3) is 0 Å². The van der Waals surface area contributed by atoms with Gasteiger partial charge in [0.05, 0.1) is 12.7 Å². The highest BCUT2D eigenvalue weighted by molar-refractivity contribution is 6.05. The average Bonchev–Trinajstić information content (AvgIpc) is 3.09. The van der Waals surface area contributed by atoms with Crippen LogP contribution in [-0.4, -0.2) is 24.6 Å². The van der Waals surface area contributed by atoms with E-state index in [0.717, 1.165) is 41.5 Å². The molecule has 124 valence electrons. The van der Waals surface area contributed by atoms with Crippen LogP contribution in [0.15, 0.2) is 48.7 Å². The van der Waals surface area contributed by atoms with Gasteiger partial charge in [0, 0.05) is 23.6 Å². The van der Waals surface area contributed by atoms with Gasteiger partial charge in [-0.3, -0.25) is 0 Å². The van der Waals surface area contributed by atoms with E-state index in [0.29, 0.717) is 5.56 Å². The summed E-state index contributed by atoms with van der Waals surface area (Å²) in [6.07, 6.45) is 2.97. The lowest BCUT2D eigenvalue weighted by Gasteiger charge is -2.08. The van der Waals surface area contributed by atoms with Crippen molar-refractivity contribution in [2.75, 3.05) is 13.7 Å². The number of hydrogen-bond donors (Lipinski definition) is 2. The number of carbonyl (C=O) groups excluding carboxylic acids is 1. The summed E-state index contributed by atoms with van der Waals surface area (Å²) in [5.74, 6) is -0.318. The van der Waals surface area contributed by atoms with E-state index in [-0.39, 0.29) is 5.97 Å². The van der Waals surface area contributed by atoms with E-state index in [1.54, 1.807) is 0 Å². The molecule has 4 heteroatoms. The fraction of sp³-hybridized carbons (Fsp3) is 0.250. The Bertz CT molecular complexity index is 834. The van der Waals surface area contributed by atoms with E-state index in [4.69, 9.17) is 4.74 Å².